The zero-order chi connectivity index (χ0) is 12.3. The Morgan fingerprint density at radius 3 is 2.65 bits per heavy atom. The molecule has 1 aliphatic rings. The molecule has 1 aromatic rings. The first kappa shape index (κ1) is 12.4. The zero-order valence-electron chi connectivity index (χ0n) is 10.4. The minimum absolute atomic E-state index is 0.158. The highest BCUT2D eigenvalue weighted by molar-refractivity contribution is 5.34. The number of hydrogen-bond donors (Lipinski definition) is 2. The minimum Gasteiger partial charge on any atom is -0.496 e. The molecule has 2 rings (SSSR count). The lowest BCUT2D eigenvalue weighted by Gasteiger charge is -2.31. The van der Waals surface area contributed by atoms with Crippen molar-refractivity contribution >= 4 is 0 Å². The van der Waals surface area contributed by atoms with Crippen molar-refractivity contribution < 1.29 is 9.84 Å². The smallest absolute Gasteiger partial charge is 0.122 e. The van der Waals surface area contributed by atoms with E-state index in [1.165, 1.54) is 12.8 Å². The molecule has 0 bridgehead atoms. The molecule has 0 amide bonds. The Bertz CT molecular complexity index is 370. The Labute approximate surface area is 103 Å². The Morgan fingerprint density at radius 1 is 1.41 bits per heavy atom. The first-order valence-electron chi connectivity index (χ1n) is 6.18. The van der Waals surface area contributed by atoms with Crippen molar-refractivity contribution in [2.24, 2.45) is 17.1 Å². The van der Waals surface area contributed by atoms with Gasteiger partial charge in [-0.3, -0.25) is 0 Å². The molecule has 0 spiro atoms. The summed E-state index contributed by atoms with van der Waals surface area (Å²) in [6, 6.07) is 7.98. The number of aliphatic hydroxyl groups excluding tert-OH is 1. The Morgan fingerprint density at radius 2 is 2.12 bits per heavy atom. The van der Waals surface area contributed by atoms with E-state index in [2.05, 4.69) is 6.07 Å². The normalized spacial score (nSPS) is 18.8. The number of benzene rings is 1. The summed E-state index contributed by atoms with van der Waals surface area (Å²) in [7, 11) is 1.68. The third-order valence-electron chi connectivity index (χ3n) is 3.90. The van der Waals surface area contributed by atoms with Gasteiger partial charge in [-0.15, -0.1) is 0 Å². The van der Waals surface area contributed by atoms with E-state index < -0.39 is 0 Å². The standard InChI is InChI=1S/C14H21NO2/c1-17-13-5-3-2-4-11(13)8-14(9-15,10-16)12-6-7-12/h2-5,12,16H,6-10,15H2,1H3. The van der Waals surface area contributed by atoms with Gasteiger partial charge < -0.3 is 15.6 Å². The van der Waals surface area contributed by atoms with Crippen molar-refractivity contribution in [3.05, 3.63) is 29.8 Å². The van der Waals surface area contributed by atoms with Gasteiger partial charge in [-0.25, -0.2) is 0 Å². The number of para-hydroxylation sites is 1. The first-order valence-corrected chi connectivity index (χ1v) is 6.18. The fraction of sp³-hybridized carbons (Fsp3) is 0.571. The molecule has 1 fully saturated rings. The lowest BCUT2D eigenvalue weighted by molar-refractivity contribution is 0.108. The molecule has 17 heavy (non-hydrogen) atoms. The summed E-state index contributed by atoms with van der Waals surface area (Å²) in [5.41, 5.74) is 6.88. The SMILES string of the molecule is COc1ccccc1CC(CN)(CO)C1CC1. The topological polar surface area (TPSA) is 55.5 Å². The van der Waals surface area contributed by atoms with Crippen LogP contribution >= 0.6 is 0 Å². The third kappa shape index (κ3) is 2.45. The maximum Gasteiger partial charge on any atom is 0.122 e. The van der Waals surface area contributed by atoms with Crippen LogP contribution in [0, 0.1) is 11.3 Å². The van der Waals surface area contributed by atoms with E-state index in [0.717, 1.165) is 17.7 Å². The second-order valence-corrected chi connectivity index (χ2v) is 4.99. The van der Waals surface area contributed by atoms with Crippen molar-refractivity contribution in [1.82, 2.24) is 0 Å². The molecule has 1 atom stereocenters. The average molecular weight is 235 g/mol. The molecule has 0 radical (unpaired) electrons. The molecule has 3 heteroatoms. The largest absolute Gasteiger partial charge is 0.496 e. The van der Waals surface area contributed by atoms with E-state index in [1.54, 1.807) is 7.11 Å². The van der Waals surface area contributed by atoms with Gasteiger partial charge in [0.2, 0.25) is 0 Å². The van der Waals surface area contributed by atoms with E-state index in [-0.39, 0.29) is 12.0 Å². The van der Waals surface area contributed by atoms with Crippen molar-refractivity contribution in [3.8, 4) is 5.75 Å². The molecular formula is C14H21NO2. The van der Waals surface area contributed by atoms with Crippen LogP contribution in [0.1, 0.15) is 18.4 Å². The monoisotopic (exact) mass is 235 g/mol. The van der Waals surface area contributed by atoms with Crippen molar-refractivity contribution in [2.45, 2.75) is 19.3 Å². The molecule has 1 unspecified atom stereocenters. The van der Waals surface area contributed by atoms with Gasteiger partial charge in [0.25, 0.3) is 0 Å². The molecule has 0 aliphatic heterocycles. The molecule has 1 aromatic carbocycles. The van der Waals surface area contributed by atoms with Crippen LogP contribution in [-0.2, 0) is 6.42 Å². The van der Waals surface area contributed by atoms with Gasteiger partial charge in [0.1, 0.15) is 5.75 Å². The molecule has 0 heterocycles. The maximum absolute atomic E-state index is 9.69. The number of ether oxygens (including phenoxy) is 1. The molecule has 0 aromatic heterocycles. The molecule has 3 N–H and O–H groups in total. The summed E-state index contributed by atoms with van der Waals surface area (Å²) < 4.78 is 5.36. The number of methoxy groups -OCH3 is 1. The van der Waals surface area contributed by atoms with Gasteiger partial charge in [-0.05, 0) is 36.8 Å². The van der Waals surface area contributed by atoms with Crippen molar-refractivity contribution in [2.75, 3.05) is 20.3 Å². The van der Waals surface area contributed by atoms with Crippen LogP contribution in [0.3, 0.4) is 0 Å². The van der Waals surface area contributed by atoms with Gasteiger partial charge in [0.15, 0.2) is 0 Å². The molecule has 1 aliphatic carbocycles. The molecule has 94 valence electrons. The third-order valence-corrected chi connectivity index (χ3v) is 3.90. The zero-order valence-corrected chi connectivity index (χ0v) is 10.4. The predicted octanol–water partition coefficient (Wildman–Crippen LogP) is 1.59. The highest BCUT2D eigenvalue weighted by Gasteiger charge is 2.44. The van der Waals surface area contributed by atoms with Crippen molar-refractivity contribution in [1.29, 1.82) is 0 Å². The number of hydrogen-bond acceptors (Lipinski definition) is 3. The maximum atomic E-state index is 9.69. The van der Waals surface area contributed by atoms with Crippen LogP contribution in [0.2, 0.25) is 0 Å². The summed E-state index contributed by atoms with van der Waals surface area (Å²) in [6.45, 7) is 0.693. The van der Waals surface area contributed by atoms with E-state index in [9.17, 15) is 5.11 Å². The highest BCUT2D eigenvalue weighted by Crippen LogP contribution is 2.47. The summed E-state index contributed by atoms with van der Waals surface area (Å²) in [4.78, 5) is 0. The van der Waals surface area contributed by atoms with Crippen LogP contribution in [0.5, 0.6) is 5.75 Å². The molecule has 3 nitrogen and oxygen atoms in total. The summed E-state index contributed by atoms with van der Waals surface area (Å²) in [5, 5.41) is 9.69. The van der Waals surface area contributed by atoms with E-state index >= 15 is 0 Å². The Balaban J connectivity index is 2.22. The van der Waals surface area contributed by atoms with E-state index in [4.69, 9.17) is 10.5 Å². The van der Waals surface area contributed by atoms with Crippen LogP contribution in [-0.4, -0.2) is 25.4 Å². The number of aliphatic hydroxyl groups is 1. The van der Waals surface area contributed by atoms with Crippen LogP contribution in [0.25, 0.3) is 0 Å². The number of nitrogens with two attached hydrogens (primary N) is 1. The van der Waals surface area contributed by atoms with Gasteiger partial charge >= 0.3 is 0 Å². The van der Waals surface area contributed by atoms with Gasteiger partial charge in [-0.2, -0.15) is 0 Å². The molecular weight excluding hydrogens is 214 g/mol. The minimum atomic E-state index is -0.158. The Kier molecular flexibility index (Phi) is 3.69. The predicted molar refractivity (Wildman–Crippen MR) is 68.0 cm³/mol. The first-order chi connectivity index (χ1) is 8.25. The Hall–Kier alpha value is -1.06. The molecule has 1 saturated carbocycles. The fourth-order valence-corrected chi connectivity index (χ4v) is 2.56. The van der Waals surface area contributed by atoms with Gasteiger partial charge in [0.05, 0.1) is 13.7 Å². The number of rotatable bonds is 6. The highest BCUT2D eigenvalue weighted by atomic mass is 16.5. The van der Waals surface area contributed by atoms with Crippen LogP contribution in [0.4, 0.5) is 0 Å². The van der Waals surface area contributed by atoms with Crippen LogP contribution < -0.4 is 10.5 Å². The fourth-order valence-electron chi connectivity index (χ4n) is 2.56. The summed E-state index contributed by atoms with van der Waals surface area (Å²) in [5.74, 6) is 1.46. The van der Waals surface area contributed by atoms with Gasteiger partial charge in [-0.1, -0.05) is 18.2 Å². The lowest BCUT2D eigenvalue weighted by Crippen LogP contribution is -2.38. The lowest BCUT2D eigenvalue weighted by atomic mass is 9.77. The summed E-state index contributed by atoms with van der Waals surface area (Å²) >= 11 is 0. The van der Waals surface area contributed by atoms with Gasteiger partial charge in [0, 0.05) is 12.0 Å². The average Bonchev–Trinajstić information content (AvgIpc) is 3.21. The second-order valence-electron chi connectivity index (χ2n) is 4.99. The summed E-state index contributed by atoms with van der Waals surface area (Å²) in [6.07, 6.45) is 3.18. The quantitative estimate of drug-likeness (QED) is 0.787. The van der Waals surface area contributed by atoms with E-state index in [1.807, 2.05) is 18.2 Å². The van der Waals surface area contributed by atoms with Crippen molar-refractivity contribution in [3.63, 3.8) is 0 Å². The second kappa shape index (κ2) is 5.07. The van der Waals surface area contributed by atoms with Crippen LogP contribution in [0.15, 0.2) is 24.3 Å². The van der Waals surface area contributed by atoms with E-state index in [0.29, 0.717) is 12.5 Å². The molecule has 0 saturated heterocycles.